The molecule has 0 spiro atoms. The number of amides is 1. The van der Waals surface area contributed by atoms with Crippen LogP contribution in [0, 0.1) is 0 Å². The minimum atomic E-state index is -0.695. The Labute approximate surface area is 119 Å². The zero-order chi connectivity index (χ0) is 13.9. The molecule has 0 saturated carbocycles. The highest BCUT2D eigenvalue weighted by molar-refractivity contribution is 7.07. The van der Waals surface area contributed by atoms with E-state index in [1.165, 1.54) is 11.3 Å². The fourth-order valence-electron chi connectivity index (χ4n) is 1.91. The number of hydrogen-bond donors (Lipinski definition) is 2. The fourth-order valence-corrected chi connectivity index (χ4v) is 2.62. The number of benzene rings is 1. The van der Waals surface area contributed by atoms with Crippen LogP contribution in [0.1, 0.15) is 22.0 Å². The van der Waals surface area contributed by atoms with Gasteiger partial charge in [-0.1, -0.05) is 0 Å². The molecule has 0 unspecified atom stereocenters. The molecule has 3 rings (SSSR count). The van der Waals surface area contributed by atoms with Gasteiger partial charge in [0.1, 0.15) is 0 Å². The van der Waals surface area contributed by atoms with Gasteiger partial charge in [-0.2, -0.15) is 11.3 Å². The van der Waals surface area contributed by atoms with E-state index in [2.05, 4.69) is 5.32 Å². The summed E-state index contributed by atoms with van der Waals surface area (Å²) in [5.41, 5.74) is 1.28. The molecule has 6 heteroatoms. The molecule has 1 aromatic carbocycles. The van der Waals surface area contributed by atoms with Gasteiger partial charge in [0.25, 0.3) is 5.91 Å². The highest BCUT2D eigenvalue weighted by Crippen LogP contribution is 2.32. The minimum Gasteiger partial charge on any atom is -0.454 e. The lowest BCUT2D eigenvalue weighted by molar-refractivity contribution is 0.0916. The molecule has 2 aromatic rings. The number of nitrogens with one attached hydrogen (secondary N) is 1. The summed E-state index contributed by atoms with van der Waals surface area (Å²) in [7, 11) is 0. The van der Waals surface area contributed by atoms with E-state index in [1.807, 2.05) is 16.8 Å². The topological polar surface area (TPSA) is 67.8 Å². The Bertz CT molecular complexity index is 612. The second-order valence-corrected chi connectivity index (χ2v) is 5.13. The van der Waals surface area contributed by atoms with Crippen LogP contribution < -0.4 is 14.8 Å². The predicted molar refractivity (Wildman–Crippen MR) is 74.2 cm³/mol. The largest absolute Gasteiger partial charge is 0.454 e. The molecule has 104 valence electrons. The number of ether oxygens (including phenoxy) is 2. The predicted octanol–water partition coefficient (Wildman–Crippen LogP) is 1.94. The second kappa shape index (κ2) is 5.52. The fraction of sp³-hybridized carbons (Fsp3) is 0.214. The third-order valence-electron chi connectivity index (χ3n) is 3.02. The molecule has 5 nitrogen and oxygen atoms in total. The number of hydrogen-bond acceptors (Lipinski definition) is 5. The van der Waals surface area contributed by atoms with Gasteiger partial charge >= 0.3 is 0 Å². The van der Waals surface area contributed by atoms with Crippen molar-refractivity contribution in [2.24, 2.45) is 0 Å². The third-order valence-corrected chi connectivity index (χ3v) is 3.72. The Kier molecular flexibility index (Phi) is 3.58. The first-order chi connectivity index (χ1) is 9.74. The van der Waals surface area contributed by atoms with Gasteiger partial charge < -0.3 is 19.9 Å². The molecule has 1 aliphatic heterocycles. The molecule has 0 saturated heterocycles. The van der Waals surface area contributed by atoms with Crippen LogP contribution in [0.2, 0.25) is 0 Å². The maximum Gasteiger partial charge on any atom is 0.251 e. The van der Waals surface area contributed by atoms with Crippen LogP contribution in [-0.2, 0) is 0 Å². The summed E-state index contributed by atoms with van der Waals surface area (Å²) in [6, 6.07) is 6.84. The monoisotopic (exact) mass is 291 g/mol. The summed E-state index contributed by atoms with van der Waals surface area (Å²) in [5, 5.41) is 16.4. The van der Waals surface area contributed by atoms with E-state index < -0.39 is 6.10 Å². The van der Waals surface area contributed by atoms with E-state index in [0.29, 0.717) is 17.1 Å². The highest BCUT2D eigenvalue weighted by Gasteiger charge is 2.17. The van der Waals surface area contributed by atoms with Crippen molar-refractivity contribution in [3.63, 3.8) is 0 Å². The molecular formula is C14H13NO4S. The molecule has 0 radical (unpaired) electrons. The van der Waals surface area contributed by atoms with Gasteiger partial charge in [0.2, 0.25) is 6.79 Å². The summed E-state index contributed by atoms with van der Waals surface area (Å²) in [6.45, 7) is 0.348. The lowest BCUT2D eigenvalue weighted by Crippen LogP contribution is -2.28. The molecule has 2 N–H and O–H groups in total. The zero-order valence-corrected chi connectivity index (χ0v) is 11.4. The Hall–Kier alpha value is -2.05. The van der Waals surface area contributed by atoms with Crippen molar-refractivity contribution in [2.45, 2.75) is 6.10 Å². The summed E-state index contributed by atoms with van der Waals surface area (Å²) in [5.74, 6) is 0.952. The lowest BCUT2D eigenvalue weighted by atomic mass is 10.1. The van der Waals surface area contributed by atoms with Crippen molar-refractivity contribution < 1.29 is 19.4 Å². The van der Waals surface area contributed by atoms with Crippen LogP contribution in [0.5, 0.6) is 11.5 Å². The second-order valence-electron chi connectivity index (χ2n) is 4.35. The van der Waals surface area contributed by atoms with Gasteiger partial charge in [-0.3, -0.25) is 4.79 Å². The van der Waals surface area contributed by atoms with Crippen LogP contribution in [0.15, 0.2) is 35.0 Å². The Morgan fingerprint density at radius 2 is 2.20 bits per heavy atom. The van der Waals surface area contributed by atoms with Crippen LogP contribution in [0.3, 0.4) is 0 Å². The number of aliphatic hydroxyl groups is 1. The molecule has 20 heavy (non-hydrogen) atoms. The first-order valence-corrected chi connectivity index (χ1v) is 7.06. The standard InChI is InChI=1S/C14H13NO4S/c16-11(10-3-4-20-7-10)6-15-14(17)9-1-2-12-13(5-9)19-8-18-12/h1-5,7,11,16H,6,8H2,(H,15,17)/t11-/m1/s1. The van der Waals surface area contributed by atoms with Crippen molar-refractivity contribution in [3.05, 3.63) is 46.2 Å². The maximum atomic E-state index is 12.0. The van der Waals surface area contributed by atoms with Crippen molar-refractivity contribution in [2.75, 3.05) is 13.3 Å². The number of fused-ring (bicyclic) bond motifs is 1. The maximum absolute atomic E-state index is 12.0. The molecule has 1 atom stereocenters. The smallest absolute Gasteiger partial charge is 0.251 e. The average molecular weight is 291 g/mol. The Morgan fingerprint density at radius 3 is 3.00 bits per heavy atom. The summed E-state index contributed by atoms with van der Waals surface area (Å²) >= 11 is 1.51. The van der Waals surface area contributed by atoms with Crippen LogP contribution in [0.25, 0.3) is 0 Å². The van der Waals surface area contributed by atoms with Crippen molar-refractivity contribution in [1.29, 1.82) is 0 Å². The minimum absolute atomic E-state index is 0.171. The van der Waals surface area contributed by atoms with E-state index in [0.717, 1.165) is 5.56 Å². The number of thiophene rings is 1. The Morgan fingerprint density at radius 1 is 1.35 bits per heavy atom. The van der Waals surface area contributed by atoms with Gasteiger partial charge in [-0.15, -0.1) is 0 Å². The van der Waals surface area contributed by atoms with Crippen LogP contribution in [-0.4, -0.2) is 24.4 Å². The summed E-state index contributed by atoms with van der Waals surface area (Å²) in [6.07, 6.45) is -0.695. The normalized spacial score (nSPS) is 14.1. The molecule has 0 bridgehead atoms. The molecule has 0 fully saturated rings. The van der Waals surface area contributed by atoms with Crippen LogP contribution >= 0.6 is 11.3 Å². The van der Waals surface area contributed by atoms with Crippen molar-refractivity contribution in [1.82, 2.24) is 5.32 Å². The number of rotatable bonds is 4. The SMILES string of the molecule is O=C(NC[C@@H](O)c1ccsc1)c1ccc2c(c1)OCO2. The molecular weight excluding hydrogens is 278 g/mol. The average Bonchev–Trinajstić information content (AvgIpc) is 3.13. The number of carbonyl (C=O) groups is 1. The summed E-state index contributed by atoms with van der Waals surface area (Å²) in [4.78, 5) is 12.0. The molecule has 1 aliphatic rings. The van der Waals surface area contributed by atoms with Gasteiger partial charge in [0.15, 0.2) is 11.5 Å². The van der Waals surface area contributed by atoms with E-state index in [-0.39, 0.29) is 19.2 Å². The number of carbonyl (C=O) groups excluding carboxylic acids is 1. The van der Waals surface area contributed by atoms with E-state index >= 15 is 0 Å². The van der Waals surface area contributed by atoms with Gasteiger partial charge in [0.05, 0.1) is 6.10 Å². The molecule has 0 aliphatic carbocycles. The lowest BCUT2D eigenvalue weighted by Gasteiger charge is -2.10. The Balaban J connectivity index is 1.62. The molecule has 1 amide bonds. The summed E-state index contributed by atoms with van der Waals surface area (Å²) < 4.78 is 10.4. The molecule has 2 heterocycles. The van der Waals surface area contributed by atoms with Gasteiger partial charge in [-0.25, -0.2) is 0 Å². The zero-order valence-electron chi connectivity index (χ0n) is 10.5. The van der Waals surface area contributed by atoms with Gasteiger partial charge in [-0.05, 0) is 40.6 Å². The van der Waals surface area contributed by atoms with Crippen molar-refractivity contribution >= 4 is 17.2 Å². The van der Waals surface area contributed by atoms with Gasteiger partial charge in [0, 0.05) is 12.1 Å². The van der Waals surface area contributed by atoms with E-state index in [1.54, 1.807) is 18.2 Å². The van der Waals surface area contributed by atoms with Crippen molar-refractivity contribution in [3.8, 4) is 11.5 Å². The highest BCUT2D eigenvalue weighted by atomic mass is 32.1. The molecule has 1 aromatic heterocycles. The van der Waals surface area contributed by atoms with Crippen LogP contribution in [0.4, 0.5) is 0 Å². The van der Waals surface area contributed by atoms with E-state index in [4.69, 9.17) is 9.47 Å². The quantitative estimate of drug-likeness (QED) is 0.903. The number of aliphatic hydroxyl groups excluding tert-OH is 1. The van der Waals surface area contributed by atoms with E-state index in [9.17, 15) is 9.90 Å². The third kappa shape index (κ3) is 2.61. The first kappa shape index (κ1) is 13.0. The first-order valence-electron chi connectivity index (χ1n) is 6.12.